The Morgan fingerprint density at radius 1 is 0.933 bits per heavy atom. The highest BCUT2D eigenvalue weighted by Crippen LogP contribution is 2.23. The summed E-state index contributed by atoms with van der Waals surface area (Å²) < 4.78 is 23.0. The summed E-state index contributed by atoms with van der Waals surface area (Å²) in [5.74, 6) is -0.406. The number of thiazole rings is 2. The van der Waals surface area contributed by atoms with E-state index in [1.807, 2.05) is 0 Å². The number of rotatable bonds is 8. The predicted molar refractivity (Wildman–Crippen MR) is 117 cm³/mol. The molecule has 0 spiro atoms. The molecule has 30 heavy (non-hydrogen) atoms. The van der Waals surface area contributed by atoms with Crippen LogP contribution in [-0.2, 0) is 32.3 Å². The van der Waals surface area contributed by atoms with Crippen LogP contribution in [0.5, 0.6) is 0 Å². The van der Waals surface area contributed by atoms with Crippen molar-refractivity contribution in [2.75, 3.05) is 23.9 Å². The van der Waals surface area contributed by atoms with E-state index in [0.29, 0.717) is 27.3 Å². The molecule has 0 bridgehead atoms. The van der Waals surface area contributed by atoms with Crippen molar-refractivity contribution >= 4 is 60.3 Å². The van der Waals surface area contributed by atoms with Crippen molar-refractivity contribution in [3.8, 4) is 0 Å². The molecule has 2 amide bonds. The highest BCUT2D eigenvalue weighted by Gasteiger charge is 2.12. The zero-order valence-electron chi connectivity index (χ0n) is 16.1. The Labute approximate surface area is 181 Å². The van der Waals surface area contributed by atoms with E-state index >= 15 is 0 Å². The predicted octanol–water partition coefficient (Wildman–Crippen LogP) is 2.22. The molecule has 0 aliphatic rings. The third kappa shape index (κ3) is 6.08. The van der Waals surface area contributed by atoms with Crippen molar-refractivity contribution in [1.29, 1.82) is 0 Å². The third-order valence-electron chi connectivity index (χ3n) is 3.85. The quantitative estimate of drug-likeness (QED) is 0.465. The summed E-state index contributed by atoms with van der Waals surface area (Å²) in [7, 11) is -1.69. The molecule has 0 fully saturated rings. The number of aromatic nitrogens is 2. The lowest BCUT2D eigenvalue weighted by Crippen LogP contribution is -2.20. The standard InChI is InChI=1S/C18H19N5O4S3/c1-19-15(24)7-12-9-29-18(22-12)23-16(25)8-13-10-28-17(21-13)20-11-3-5-14(6-4-11)30(2,26)27/h3-6,9-10H,7-8H2,1-2H3,(H,19,24)(H,20,21)(H,22,23,25). The van der Waals surface area contributed by atoms with Gasteiger partial charge in [0.1, 0.15) is 0 Å². The summed E-state index contributed by atoms with van der Waals surface area (Å²) in [5.41, 5.74) is 1.88. The molecular weight excluding hydrogens is 446 g/mol. The monoisotopic (exact) mass is 465 g/mol. The second-order valence-corrected chi connectivity index (χ2v) is 10.0. The van der Waals surface area contributed by atoms with E-state index in [0.717, 1.165) is 6.26 Å². The number of nitrogens with one attached hydrogen (secondary N) is 3. The minimum Gasteiger partial charge on any atom is -0.359 e. The largest absolute Gasteiger partial charge is 0.359 e. The Kier molecular flexibility index (Phi) is 6.80. The molecule has 0 saturated carbocycles. The molecule has 0 aliphatic heterocycles. The van der Waals surface area contributed by atoms with E-state index < -0.39 is 9.84 Å². The van der Waals surface area contributed by atoms with Gasteiger partial charge in [-0.2, -0.15) is 0 Å². The van der Waals surface area contributed by atoms with Gasteiger partial charge in [0, 0.05) is 29.8 Å². The first-order chi connectivity index (χ1) is 14.2. The minimum atomic E-state index is -3.24. The maximum absolute atomic E-state index is 12.2. The average Bonchev–Trinajstić information content (AvgIpc) is 3.30. The number of amides is 2. The van der Waals surface area contributed by atoms with Crippen LogP contribution in [0.2, 0.25) is 0 Å². The van der Waals surface area contributed by atoms with Gasteiger partial charge in [0.15, 0.2) is 20.1 Å². The van der Waals surface area contributed by atoms with Crippen LogP contribution in [0.15, 0.2) is 39.9 Å². The lowest BCUT2D eigenvalue weighted by molar-refractivity contribution is -0.120. The van der Waals surface area contributed by atoms with Gasteiger partial charge in [-0.3, -0.25) is 9.59 Å². The van der Waals surface area contributed by atoms with Crippen molar-refractivity contribution in [3.05, 3.63) is 46.4 Å². The molecule has 1 aromatic carbocycles. The number of sulfone groups is 1. The highest BCUT2D eigenvalue weighted by atomic mass is 32.2. The van der Waals surface area contributed by atoms with E-state index in [1.165, 1.54) is 34.8 Å². The summed E-state index contributed by atoms with van der Waals surface area (Å²) in [5, 5.41) is 12.8. The molecule has 2 heterocycles. The topological polar surface area (TPSA) is 130 Å². The van der Waals surface area contributed by atoms with Gasteiger partial charge in [0.25, 0.3) is 0 Å². The molecule has 2 aromatic heterocycles. The molecule has 3 rings (SSSR count). The zero-order valence-corrected chi connectivity index (χ0v) is 18.6. The summed E-state index contributed by atoms with van der Waals surface area (Å²) >= 11 is 2.59. The molecule has 0 atom stereocenters. The molecule has 0 radical (unpaired) electrons. The first-order valence-electron chi connectivity index (χ1n) is 8.69. The number of hydrogen-bond acceptors (Lipinski definition) is 9. The molecular formula is C18H19N5O4S3. The van der Waals surface area contributed by atoms with E-state index in [4.69, 9.17) is 0 Å². The maximum atomic E-state index is 12.2. The lowest BCUT2D eigenvalue weighted by atomic mass is 10.3. The first-order valence-corrected chi connectivity index (χ1v) is 12.3. The number of benzene rings is 1. The van der Waals surface area contributed by atoms with Crippen molar-refractivity contribution in [3.63, 3.8) is 0 Å². The van der Waals surface area contributed by atoms with Crippen molar-refractivity contribution in [2.24, 2.45) is 0 Å². The van der Waals surface area contributed by atoms with Crippen LogP contribution < -0.4 is 16.0 Å². The van der Waals surface area contributed by atoms with Gasteiger partial charge in [-0.25, -0.2) is 18.4 Å². The summed E-state index contributed by atoms with van der Waals surface area (Å²) in [6, 6.07) is 6.35. The molecule has 0 saturated heterocycles. The van der Waals surface area contributed by atoms with Gasteiger partial charge >= 0.3 is 0 Å². The Hall–Kier alpha value is -2.83. The fourth-order valence-corrected chi connectivity index (χ4v) is 4.47. The second-order valence-electron chi connectivity index (χ2n) is 6.28. The van der Waals surface area contributed by atoms with Gasteiger partial charge in [-0.1, -0.05) is 0 Å². The van der Waals surface area contributed by atoms with Gasteiger partial charge in [-0.05, 0) is 24.3 Å². The number of carbonyl (C=O) groups is 2. The van der Waals surface area contributed by atoms with E-state index in [-0.39, 0.29) is 29.6 Å². The summed E-state index contributed by atoms with van der Waals surface area (Å²) in [4.78, 5) is 32.4. The summed E-state index contributed by atoms with van der Waals surface area (Å²) in [6.07, 6.45) is 1.40. The third-order valence-corrected chi connectivity index (χ3v) is 6.59. The molecule has 158 valence electrons. The molecule has 3 N–H and O–H groups in total. The number of nitrogens with zero attached hydrogens (tertiary/aromatic N) is 2. The smallest absolute Gasteiger partial charge is 0.232 e. The fourth-order valence-electron chi connectivity index (χ4n) is 2.38. The van der Waals surface area contributed by atoms with Gasteiger partial charge in [0.2, 0.25) is 11.8 Å². The van der Waals surface area contributed by atoms with E-state index in [2.05, 4.69) is 25.9 Å². The van der Waals surface area contributed by atoms with Crippen LogP contribution in [0.25, 0.3) is 0 Å². The molecule has 0 aliphatic carbocycles. The first kappa shape index (κ1) is 21.9. The fraction of sp³-hybridized carbons (Fsp3) is 0.222. The van der Waals surface area contributed by atoms with E-state index in [1.54, 1.807) is 29.9 Å². The van der Waals surface area contributed by atoms with Crippen LogP contribution in [0.4, 0.5) is 16.0 Å². The molecule has 3 aromatic rings. The molecule has 9 nitrogen and oxygen atoms in total. The number of anilines is 3. The van der Waals surface area contributed by atoms with Crippen molar-refractivity contribution in [2.45, 2.75) is 17.7 Å². The maximum Gasteiger partial charge on any atom is 0.232 e. The number of hydrogen-bond donors (Lipinski definition) is 3. The number of carbonyl (C=O) groups excluding carboxylic acids is 2. The van der Waals surface area contributed by atoms with Crippen LogP contribution in [0.3, 0.4) is 0 Å². The minimum absolute atomic E-state index is 0.0789. The molecule has 0 unspecified atom stereocenters. The normalized spacial score (nSPS) is 11.1. The SMILES string of the molecule is CNC(=O)Cc1csc(NC(=O)Cc2csc(Nc3ccc(S(C)(=O)=O)cc3)n2)n1. The van der Waals surface area contributed by atoms with Crippen LogP contribution in [0.1, 0.15) is 11.4 Å². The highest BCUT2D eigenvalue weighted by molar-refractivity contribution is 7.90. The molecule has 12 heteroatoms. The Bertz CT molecular complexity index is 1150. The van der Waals surface area contributed by atoms with Gasteiger partial charge < -0.3 is 16.0 Å². The lowest BCUT2D eigenvalue weighted by Gasteiger charge is -2.04. The van der Waals surface area contributed by atoms with Crippen LogP contribution in [0, 0.1) is 0 Å². The Morgan fingerprint density at radius 2 is 1.50 bits per heavy atom. The summed E-state index contributed by atoms with van der Waals surface area (Å²) in [6.45, 7) is 0. The Balaban J connectivity index is 1.55. The van der Waals surface area contributed by atoms with Crippen molar-refractivity contribution < 1.29 is 18.0 Å². The van der Waals surface area contributed by atoms with Gasteiger partial charge in [-0.15, -0.1) is 22.7 Å². The van der Waals surface area contributed by atoms with Crippen LogP contribution in [-0.4, -0.2) is 43.5 Å². The zero-order chi connectivity index (χ0) is 21.7. The van der Waals surface area contributed by atoms with E-state index in [9.17, 15) is 18.0 Å². The van der Waals surface area contributed by atoms with Crippen LogP contribution >= 0.6 is 22.7 Å². The average molecular weight is 466 g/mol. The van der Waals surface area contributed by atoms with Gasteiger partial charge in [0.05, 0.1) is 29.1 Å². The number of likely N-dealkylation sites (N-methyl/N-ethyl adjacent to an activating group) is 1. The van der Waals surface area contributed by atoms with Crippen molar-refractivity contribution in [1.82, 2.24) is 15.3 Å². The Morgan fingerprint density at radius 3 is 2.10 bits per heavy atom. The second kappa shape index (κ2) is 9.32.